The molecule has 0 bridgehead atoms. The highest BCUT2D eigenvalue weighted by molar-refractivity contribution is 7.99. The van der Waals surface area contributed by atoms with Crippen LogP contribution in [0.15, 0.2) is 29.4 Å². The predicted molar refractivity (Wildman–Crippen MR) is 108 cm³/mol. The van der Waals surface area contributed by atoms with Crippen LogP contribution in [0.1, 0.15) is 25.8 Å². The molecule has 1 fully saturated rings. The Bertz CT molecular complexity index is 925. The smallest absolute Gasteiger partial charge is 0.233 e. The van der Waals surface area contributed by atoms with Crippen molar-refractivity contribution in [2.24, 2.45) is 5.92 Å². The Morgan fingerprint density at radius 1 is 1.32 bits per heavy atom. The number of thioether (sulfide) groups is 1. The molecule has 1 aliphatic rings. The molecule has 1 amide bonds. The Hall–Kier alpha value is -1.94. The molecule has 8 nitrogen and oxygen atoms in total. The minimum absolute atomic E-state index is 0.0528. The van der Waals surface area contributed by atoms with E-state index in [9.17, 15) is 13.2 Å². The van der Waals surface area contributed by atoms with Gasteiger partial charge in [-0.05, 0) is 41.8 Å². The third-order valence-corrected chi connectivity index (χ3v) is 7.23. The number of tetrazole rings is 1. The summed E-state index contributed by atoms with van der Waals surface area (Å²) in [7, 11) is -3.05. The third-order valence-electron chi connectivity index (χ3n) is 4.58. The molecule has 2 heterocycles. The van der Waals surface area contributed by atoms with E-state index in [1.165, 1.54) is 11.8 Å². The van der Waals surface area contributed by atoms with Gasteiger partial charge in [0.05, 0.1) is 22.9 Å². The summed E-state index contributed by atoms with van der Waals surface area (Å²) < 4.78 is 25.3. The minimum atomic E-state index is -3.05. The topological polar surface area (TPSA) is 98.1 Å². The van der Waals surface area contributed by atoms with E-state index in [-0.39, 0.29) is 35.1 Å². The van der Waals surface area contributed by atoms with Gasteiger partial charge in [0.15, 0.2) is 9.84 Å². The van der Waals surface area contributed by atoms with Crippen LogP contribution in [-0.4, -0.2) is 69.3 Å². The van der Waals surface area contributed by atoms with Crippen LogP contribution in [0, 0.1) is 12.8 Å². The number of hydrogen-bond acceptors (Lipinski definition) is 7. The van der Waals surface area contributed by atoms with E-state index in [1.807, 2.05) is 45.0 Å². The fourth-order valence-corrected chi connectivity index (χ4v) is 5.70. The highest BCUT2D eigenvalue weighted by Gasteiger charge is 2.34. The Kier molecular flexibility index (Phi) is 6.39. The molecular weight excluding hydrogens is 398 g/mol. The summed E-state index contributed by atoms with van der Waals surface area (Å²) in [6, 6.07) is 7.55. The number of sulfone groups is 1. The number of aromatic nitrogens is 4. The fourth-order valence-electron chi connectivity index (χ4n) is 3.20. The summed E-state index contributed by atoms with van der Waals surface area (Å²) in [5, 5.41) is 12.3. The van der Waals surface area contributed by atoms with Crippen molar-refractivity contribution in [3.63, 3.8) is 0 Å². The molecule has 3 rings (SSSR count). The molecule has 0 saturated carbocycles. The van der Waals surface area contributed by atoms with Gasteiger partial charge in [0.2, 0.25) is 11.1 Å². The van der Waals surface area contributed by atoms with Crippen LogP contribution in [0.2, 0.25) is 0 Å². The normalized spacial score (nSPS) is 18.5. The minimum Gasteiger partial charge on any atom is -0.338 e. The first-order valence-corrected chi connectivity index (χ1v) is 12.0. The van der Waals surface area contributed by atoms with Crippen molar-refractivity contribution in [2.75, 3.05) is 23.8 Å². The monoisotopic (exact) mass is 423 g/mol. The average molecular weight is 424 g/mol. The van der Waals surface area contributed by atoms with Crippen molar-refractivity contribution in [3.8, 4) is 5.69 Å². The van der Waals surface area contributed by atoms with E-state index in [4.69, 9.17) is 0 Å². The molecule has 1 aliphatic heterocycles. The van der Waals surface area contributed by atoms with Crippen LogP contribution < -0.4 is 0 Å². The van der Waals surface area contributed by atoms with Crippen molar-refractivity contribution >= 4 is 27.5 Å². The Labute approximate surface area is 169 Å². The average Bonchev–Trinajstić information content (AvgIpc) is 3.24. The lowest BCUT2D eigenvalue weighted by Crippen LogP contribution is -2.44. The van der Waals surface area contributed by atoms with E-state index in [2.05, 4.69) is 15.5 Å². The second-order valence-corrected chi connectivity index (χ2v) is 10.7. The molecule has 2 aromatic rings. The standard InChI is InChI=1S/C18H25N5O3S2/c1-13(2)10-22(16-8-9-28(25,26)12-16)17(24)11-27-18-19-20-21-23(18)15-6-4-14(3)5-7-15/h4-7,13,16H,8-12H2,1-3H3/t16-/m0/s1. The van der Waals surface area contributed by atoms with Crippen molar-refractivity contribution in [1.82, 2.24) is 25.1 Å². The number of carbonyl (C=O) groups excluding carboxylic acids is 1. The zero-order valence-corrected chi connectivity index (χ0v) is 17.9. The number of aryl methyl sites for hydroxylation is 1. The molecule has 10 heteroatoms. The van der Waals surface area contributed by atoms with Crippen LogP contribution in [0.3, 0.4) is 0 Å². The quantitative estimate of drug-likeness (QED) is 0.626. The summed E-state index contributed by atoms with van der Waals surface area (Å²) in [4.78, 5) is 14.6. The van der Waals surface area contributed by atoms with Gasteiger partial charge in [-0.1, -0.05) is 43.3 Å². The predicted octanol–water partition coefficient (Wildman–Crippen LogP) is 1.73. The zero-order chi connectivity index (χ0) is 20.3. The molecule has 0 radical (unpaired) electrons. The van der Waals surface area contributed by atoms with E-state index < -0.39 is 9.84 Å². The summed E-state index contributed by atoms with van der Waals surface area (Å²) in [6.07, 6.45) is 0.507. The van der Waals surface area contributed by atoms with Gasteiger partial charge < -0.3 is 4.90 Å². The maximum atomic E-state index is 12.9. The van der Waals surface area contributed by atoms with Crippen LogP contribution in [0.25, 0.3) is 5.69 Å². The molecule has 1 aromatic heterocycles. The van der Waals surface area contributed by atoms with Crippen LogP contribution in [0.5, 0.6) is 0 Å². The summed E-state index contributed by atoms with van der Waals surface area (Å²) in [5.41, 5.74) is 1.96. The van der Waals surface area contributed by atoms with E-state index >= 15 is 0 Å². The molecule has 0 unspecified atom stereocenters. The van der Waals surface area contributed by atoms with Gasteiger partial charge in [-0.2, -0.15) is 4.68 Å². The number of rotatable bonds is 7. The van der Waals surface area contributed by atoms with Gasteiger partial charge in [0.1, 0.15) is 0 Å². The molecule has 1 saturated heterocycles. The van der Waals surface area contributed by atoms with Gasteiger partial charge in [0.25, 0.3) is 0 Å². The summed E-state index contributed by atoms with van der Waals surface area (Å²) >= 11 is 1.26. The van der Waals surface area contributed by atoms with Gasteiger partial charge in [-0.3, -0.25) is 4.79 Å². The lowest BCUT2D eigenvalue weighted by atomic mass is 10.1. The Balaban J connectivity index is 1.70. The number of nitrogens with zero attached hydrogens (tertiary/aromatic N) is 5. The molecule has 1 atom stereocenters. The van der Waals surface area contributed by atoms with Gasteiger partial charge in [-0.25, -0.2) is 8.42 Å². The molecule has 1 aromatic carbocycles. The fraction of sp³-hybridized carbons (Fsp3) is 0.556. The summed E-state index contributed by atoms with van der Waals surface area (Å²) in [5.74, 6) is 0.542. The van der Waals surface area contributed by atoms with E-state index in [0.717, 1.165) is 11.3 Å². The lowest BCUT2D eigenvalue weighted by molar-refractivity contribution is -0.130. The van der Waals surface area contributed by atoms with Crippen molar-refractivity contribution in [2.45, 2.75) is 38.4 Å². The molecule has 0 N–H and O–H groups in total. The van der Waals surface area contributed by atoms with Crippen molar-refractivity contribution < 1.29 is 13.2 Å². The van der Waals surface area contributed by atoms with Gasteiger partial charge >= 0.3 is 0 Å². The molecule has 28 heavy (non-hydrogen) atoms. The SMILES string of the molecule is Cc1ccc(-n2nnnc2SCC(=O)N(CC(C)C)[C@H]2CCS(=O)(=O)C2)cc1. The van der Waals surface area contributed by atoms with Crippen LogP contribution in [-0.2, 0) is 14.6 Å². The second-order valence-electron chi connectivity index (χ2n) is 7.49. The van der Waals surface area contributed by atoms with Gasteiger partial charge in [-0.15, -0.1) is 5.10 Å². The zero-order valence-electron chi connectivity index (χ0n) is 16.3. The van der Waals surface area contributed by atoms with Gasteiger partial charge in [0, 0.05) is 12.6 Å². The van der Waals surface area contributed by atoms with Crippen molar-refractivity contribution in [3.05, 3.63) is 29.8 Å². The van der Waals surface area contributed by atoms with E-state index in [0.29, 0.717) is 18.1 Å². The molecule has 0 aliphatic carbocycles. The number of hydrogen-bond donors (Lipinski definition) is 0. The van der Waals surface area contributed by atoms with Crippen LogP contribution >= 0.6 is 11.8 Å². The summed E-state index contributed by atoms with van der Waals surface area (Å²) in [6.45, 7) is 6.59. The molecular formula is C18H25N5O3S2. The molecule has 0 spiro atoms. The third kappa shape index (κ3) is 5.11. The number of amides is 1. The first-order chi connectivity index (χ1) is 13.2. The largest absolute Gasteiger partial charge is 0.338 e. The van der Waals surface area contributed by atoms with E-state index in [1.54, 1.807) is 9.58 Å². The maximum Gasteiger partial charge on any atom is 0.233 e. The van der Waals surface area contributed by atoms with Crippen molar-refractivity contribution in [1.29, 1.82) is 0 Å². The molecule has 152 valence electrons. The Morgan fingerprint density at radius 3 is 2.64 bits per heavy atom. The second kappa shape index (κ2) is 8.60. The van der Waals surface area contributed by atoms with Crippen LogP contribution in [0.4, 0.5) is 0 Å². The Morgan fingerprint density at radius 2 is 2.04 bits per heavy atom. The number of benzene rings is 1. The first kappa shape index (κ1) is 20.8. The highest BCUT2D eigenvalue weighted by atomic mass is 32.2. The number of carbonyl (C=O) groups is 1. The maximum absolute atomic E-state index is 12.9. The lowest BCUT2D eigenvalue weighted by Gasteiger charge is -2.29. The highest BCUT2D eigenvalue weighted by Crippen LogP contribution is 2.23. The first-order valence-electron chi connectivity index (χ1n) is 9.23.